The van der Waals surface area contributed by atoms with E-state index in [0.29, 0.717) is 41.0 Å². The van der Waals surface area contributed by atoms with Crippen LogP contribution in [0, 0.1) is 0 Å². The molecule has 1 aliphatic carbocycles. The van der Waals surface area contributed by atoms with Crippen LogP contribution in [0.15, 0.2) is 23.8 Å². The number of carbonyl (C=O) groups is 3. The van der Waals surface area contributed by atoms with E-state index in [2.05, 4.69) is 12.2 Å². The molecule has 34 heavy (non-hydrogen) atoms. The van der Waals surface area contributed by atoms with Crippen molar-refractivity contribution < 1.29 is 34.1 Å². The van der Waals surface area contributed by atoms with E-state index >= 15 is 0 Å². The van der Waals surface area contributed by atoms with Crippen LogP contribution in [0.4, 0.5) is 0 Å². The van der Waals surface area contributed by atoms with Gasteiger partial charge in [0.25, 0.3) is 0 Å². The maximum atomic E-state index is 13.1. The molecular weight excluding hydrogens is 440 g/mol. The van der Waals surface area contributed by atoms with Gasteiger partial charge in [0.15, 0.2) is 11.5 Å². The summed E-state index contributed by atoms with van der Waals surface area (Å²) in [6.45, 7) is 3.82. The molecule has 0 bridgehead atoms. The number of carbonyl (C=O) groups excluding carboxylic acids is 3. The van der Waals surface area contributed by atoms with Crippen molar-refractivity contribution in [1.29, 1.82) is 0 Å². The Morgan fingerprint density at radius 2 is 2.03 bits per heavy atom. The van der Waals surface area contributed by atoms with Gasteiger partial charge in [-0.05, 0) is 24.6 Å². The van der Waals surface area contributed by atoms with Gasteiger partial charge in [-0.1, -0.05) is 26.2 Å². The molecule has 0 saturated carbocycles. The molecule has 1 aromatic rings. The highest BCUT2D eigenvalue weighted by Gasteiger charge is 2.51. The number of aliphatic hydroxyl groups is 2. The molecule has 0 spiro atoms. The predicted octanol–water partition coefficient (Wildman–Crippen LogP) is 1.56. The molecule has 0 aromatic heterocycles. The van der Waals surface area contributed by atoms with E-state index in [-0.39, 0.29) is 19.1 Å². The number of rotatable bonds is 11. The second kappa shape index (κ2) is 11.5. The number of unbranched alkanes of at least 4 members (excludes halogenated alkanes) is 3. The van der Waals surface area contributed by atoms with Crippen LogP contribution < -0.4 is 14.8 Å². The minimum atomic E-state index is -1.11. The standard InChI is InChI=1S/C25H34N2O7/c1-4-5-6-7-9-27(15(2)30)19-13-18(25(32)26-8-10-28)21-17-11-16(14-29)12-20(33-3)23(17)34-24(21)22(19)31/h11-14,19,21-22,24,28,31H,4-10H2,1-3H3,(H,26,32). The molecule has 1 aromatic carbocycles. The number of methoxy groups -OCH3 is 1. The van der Waals surface area contributed by atoms with Gasteiger partial charge in [-0.15, -0.1) is 0 Å². The van der Waals surface area contributed by atoms with Crippen molar-refractivity contribution in [1.82, 2.24) is 10.2 Å². The van der Waals surface area contributed by atoms with Crippen LogP contribution in [-0.2, 0) is 9.59 Å². The van der Waals surface area contributed by atoms with Crippen LogP contribution in [0.3, 0.4) is 0 Å². The normalized spacial score (nSPS) is 22.7. The zero-order chi connectivity index (χ0) is 24.8. The molecule has 0 saturated heterocycles. The molecule has 1 aliphatic heterocycles. The number of hydrogen-bond acceptors (Lipinski definition) is 7. The molecule has 0 fully saturated rings. The van der Waals surface area contributed by atoms with Gasteiger partial charge < -0.3 is 29.9 Å². The lowest BCUT2D eigenvalue weighted by Crippen LogP contribution is -2.55. The first-order chi connectivity index (χ1) is 16.4. The van der Waals surface area contributed by atoms with Gasteiger partial charge in [-0.3, -0.25) is 14.4 Å². The van der Waals surface area contributed by atoms with Crippen molar-refractivity contribution in [3.63, 3.8) is 0 Å². The van der Waals surface area contributed by atoms with E-state index in [1.54, 1.807) is 17.0 Å². The summed E-state index contributed by atoms with van der Waals surface area (Å²) in [5.74, 6) is -0.608. The molecule has 2 aliphatic rings. The predicted molar refractivity (Wildman–Crippen MR) is 125 cm³/mol. The van der Waals surface area contributed by atoms with Crippen LogP contribution in [0.5, 0.6) is 11.5 Å². The van der Waals surface area contributed by atoms with Crippen LogP contribution in [0.1, 0.15) is 61.4 Å². The van der Waals surface area contributed by atoms with Gasteiger partial charge in [0.05, 0.1) is 25.7 Å². The highest BCUT2D eigenvalue weighted by molar-refractivity contribution is 5.96. The van der Waals surface area contributed by atoms with E-state index in [4.69, 9.17) is 9.47 Å². The molecule has 1 heterocycles. The SMILES string of the molecule is CCCCCCN(C(C)=O)C1C=C(C(=O)NCCO)C2c3cc(C=O)cc(OC)c3OC2C1O. The van der Waals surface area contributed by atoms with Crippen LogP contribution >= 0.6 is 0 Å². The Morgan fingerprint density at radius 3 is 2.65 bits per heavy atom. The Kier molecular flexibility index (Phi) is 8.68. The van der Waals surface area contributed by atoms with E-state index in [0.717, 1.165) is 25.7 Å². The van der Waals surface area contributed by atoms with E-state index in [1.165, 1.54) is 20.1 Å². The molecule has 186 valence electrons. The second-order valence-electron chi connectivity index (χ2n) is 8.68. The van der Waals surface area contributed by atoms with Crippen molar-refractivity contribution in [3.05, 3.63) is 34.9 Å². The van der Waals surface area contributed by atoms with Crippen LogP contribution in [0.2, 0.25) is 0 Å². The first-order valence-corrected chi connectivity index (χ1v) is 11.8. The van der Waals surface area contributed by atoms with E-state index < -0.39 is 30.1 Å². The molecule has 9 heteroatoms. The third-order valence-corrected chi connectivity index (χ3v) is 6.43. The molecule has 9 nitrogen and oxygen atoms in total. The fourth-order valence-corrected chi connectivity index (χ4v) is 4.78. The number of nitrogens with one attached hydrogen (secondary N) is 1. The van der Waals surface area contributed by atoms with Gasteiger partial charge >= 0.3 is 0 Å². The third kappa shape index (κ3) is 5.10. The Balaban J connectivity index is 2.05. The van der Waals surface area contributed by atoms with Crippen molar-refractivity contribution in [2.45, 2.75) is 63.7 Å². The zero-order valence-electron chi connectivity index (χ0n) is 20.0. The summed E-state index contributed by atoms with van der Waals surface area (Å²) >= 11 is 0. The number of hydrogen-bond donors (Lipinski definition) is 3. The third-order valence-electron chi connectivity index (χ3n) is 6.43. The zero-order valence-corrected chi connectivity index (χ0v) is 20.0. The number of benzene rings is 1. The lowest BCUT2D eigenvalue weighted by molar-refractivity contribution is -0.135. The number of aliphatic hydroxyl groups excluding tert-OH is 2. The first kappa shape index (κ1) is 25.7. The molecule has 4 unspecified atom stereocenters. The van der Waals surface area contributed by atoms with Crippen molar-refractivity contribution >= 4 is 18.1 Å². The molecule has 0 radical (unpaired) electrons. The molecule has 4 atom stereocenters. The Labute approximate surface area is 199 Å². The summed E-state index contributed by atoms with van der Waals surface area (Å²) < 4.78 is 11.5. The minimum absolute atomic E-state index is 0.0552. The van der Waals surface area contributed by atoms with Crippen LogP contribution in [-0.4, -0.2) is 78.3 Å². The van der Waals surface area contributed by atoms with Gasteiger partial charge in [0, 0.05) is 36.7 Å². The summed E-state index contributed by atoms with van der Waals surface area (Å²) in [5, 5.41) is 23.2. The average molecular weight is 475 g/mol. The molecule has 2 amide bonds. The van der Waals surface area contributed by atoms with Crippen molar-refractivity contribution in [2.24, 2.45) is 0 Å². The smallest absolute Gasteiger partial charge is 0.247 e. The van der Waals surface area contributed by atoms with Gasteiger partial charge in [-0.25, -0.2) is 0 Å². The minimum Gasteiger partial charge on any atom is -0.493 e. The number of aldehydes is 1. The summed E-state index contributed by atoms with van der Waals surface area (Å²) in [6, 6.07) is 2.40. The van der Waals surface area contributed by atoms with E-state index in [9.17, 15) is 24.6 Å². The lowest BCUT2D eigenvalue weighted by Gasteiger charge is -2.40. The quantitative estimate of drug-likeness (QED) is 0.328. The fourth-order valence-electron chi connectivity index (χ4n) is 4.78. The Bertz CT molecular complexity index is 945. The van der Waals surface area contributed by atoms with Gasteiger partial charge in [0.1, 0.15) is 18.5 Å². The number of fused-ring (bicyclic) bond motifs is 3. The molecule has 3 N–H and O–H groups in total. The summed E-state index contributed by atoms with van der Waals surface area (Å²) in [5.41, 5.74) is 1.23. The molecular formula is C25H34N2O7. The second-order valence-corrected chi connectivity index (χ2v) is 8.68. The van der Waals surface area contributed by atoms with E-state index in [1.807, 2.05) is 0 Å². The number of nitrogens with zero attached hydrogens (tertiary/aromatic N) is 1. The van der Waals surface area contributed by atoms with Gasteiger partial charge in [-0.2, -0.15) is 0 Å². The van der Waals surface area contributed by atoms with Gasteiger partial charge in [0.2, 0.25) is 11.8 Å². The maximum absolute atomic E-state index is 13.1. The Morgan fingerprint density at radius 1 is 1.26 bits per heavy atom. The highest BCUT2D eigenvalue weighted by atomic mass is 16.5. The fraction of sp³-hybridized carbons (Fsp3) is 0.560. The number of ether oxygens (including phenoxy) is 2. The van der Waals surface area contributed by atoms with Crippen molar-refractivity contribution in [3.8, 4) is 11.5 Å². The van der Waals surface area contributed by atoms with Crippen molar-refractivity contribution in [2.75, 3.05) is 26.8 Å². The maximum Gasteiger partial charge on any atom is 0.247 e. The Hall–Kier alpha value is -2.91. The van der Waals surface area contributed by atoms with Crippen LogP contribution in [0.25, 0.3) is 0 Å². The number of amides is 2. The highest BCUT2D eigenvalue weighted by Crippen LogP contribution is 2.51. The summed E-state index contributed by atoms with van der Waals surface area (Å²) in [4.78, 5) is 38.8. The average Bonchev–Trinajstić information content (AvgIpc) is 3.22. The largest absolute Gasteiger partial charge is 0.493 e. The first-order valence-electron chi connectivity index (χ1n) is 11.8. The summed E-state index contributed by atoms with van der Waals surface area (Å²) in [6.07, 6.45) is 4.19. The monoisotopic (exact) mass is 474 g/mol. The summed E-state index contributed by atoms with van der Waals surface area (Å²) in [7, 11) is 1.45. The topological polar surface area (TPSA) is 125 Å². The molecule has 3 rings (SSSR count). The lowest BCUT2D eigenvalue weighted by atomic mass is 9.77.